The number of rotatable bonds is 5. The largest absolute Gasteiger partial charge is 0.498 e. The summed E-state index contributed by atoms with van der Waals surface area (Å²) in [6.45, 7) is 12.0. The summed E-state index contributed by atoms with van der Waals surface area (Å²) in [5.41, 5.74) is -0.480. The summed E-state index contributed by atoms with van der Waals surface area (Å²) in [6.07, 6.45) is 9.60. The van der Waals surface area contributed by atoms with Crippen molar-refractivity contribution in [3.63, 3.8) is 0 Å². The Morgan fingerprint density at radius 2 is 2.10 bits per heavy atom. The Kier molecular flexibility index (Phi) is 6.50. The number of hydrogen-bond acceptors (Lipinski definition) is 3. The number of hydrogen-bond donors (Lipinski definition) is 0. The fourth-order valence-corrected chi connectivity index (χ4v) is 2.38. The van der Waals surface area contributed by atoms with Gasteiger partial charge in [-0.05, 0) is 58.6 Å². The van der Waals surface area contributed by atoms with E-state index in [1.165, 1.54) is 0 Å². The van der Waals surface area contributed by atoms with E-state index in [1.807, 2.05) is 45.9 Å². The van der Waals surface area contributed by atoms with Gasteiger partial charge in [0.1, 0.15) is 6.10 Å². The average molecular weight is 294 g/mol. The van der Waals surface area contributed by atoms with Crippen LogP contribution in [0.5, 0.6) is 0 Å². The van der Waals surface area contributed by atoms with Gasteiger partial charge in [-0.25, -0.2) is 0 Å². The first-order valence-corrected chi connectivity index (χ1v) is 7.90. The van der Waals surface area contributed by atoms with Crippen LogP contribution in [0, 0.1) is 17.3 Å². The lowest BCUT2D eigenvalue weighted by molar-refractivity contribution is -0.158. The summed E-state index contributed by atoms with van der Waals surface area (Å²) in [7, 11) is 0. The summed E-state index contributed by atoms with van der Waals surface area (Å²) >= 11 is 0. The van der Waals surface area contributed by atoms with Crippen molar-refractivity contribution >= 4 is 5.97 Å². The van der Waals surface area contributed by atoms with Gasteiger partial charge in [-0.2, -0.15) is 0 Å². The Morgan fingerprint density at radius 1 is 1.43 bits per heavy atom. The lowest BCUT2D eigenvalue weighted by Crippen LogP contribution is -2.34. The van der Waals surface area contributed by atoms with Crippen molar-refractivity contribution in [3.05, 3.63) is 24.5 Å². The first-order chi connectivity index (χ1) is 9.74. The Morgan fingerprint density at radius 3 is 2.62 bits per heavy atom. The van der Waals surface area contributed by atoms with Crippen molar-refractivity contribution in [2.24, 2.45) is 17.3 Å². The molecule has 0 bridgehead atoms. The number of ether oxygens (including phenoxy) is 2. The van der Waals surface area contributed by atoms with Crippen LogP contribution in [0.3, 0.4) is 0 Å². The Bertz CT molecular complexity index is 388. The highest BCUT2D eigenvalue weighted by Crippen LogP contribution is 2.28. The highest BCUT2D eigenvalue weighted by Gasteiger charge is 2.31. The molecule has 0 aliphatic carbocycles. The maximum atomic E-state index is 12.1. The summed E-state index contributed by atoms with van der Waals surface area (Å²) in [5, 5.41) is 0. The van der Waals surface area contributed by atoms with Gasteiger partial charge < -0.3 is 9.47 Å². The van der Waals surface area contributed by atoms with E-state index in [1.54, 1.807) is 6.26 Å². The highest BCUT2D eigenvalue weighted by molar-refractivity contribution is 5.75. The molecule has 1 aliphatic heterocycles. The van der Waals surface area contributed by atoms with Crippen LogP contribution in [0.1, 0.15) is 54.4 Å². The molecule has 21 heavy (non-hydrogen) atoms. The van der Waals surface area contributed by atoms with Gasteiger partial charge >= 0.3 is 5.97 Å². The van der Waals surface area contributed by atoms with Crippen LogP contribution in [0.2, 0.25) is 0 Å². The SMILES string of the molecule is C/C=C/[C@H](OC(=O)C(C)(C)C)[C@H]1C=CO[C@H](CC(C)C)C1. The summed E-state index contributed by atoms with van der Waals surface area (Å²) in [6, 6.07) is 0. The summed E-state index contributed by atoms with van der Waals surface area (Å²) in [5.74, 6) is 0.621. The molecular formula is C18H30O3. The molecule has 0 saturated heterocycles. The monoisotopic (exact) mass is 294 g/mol. The zero-order valence-electron chi connectivity index (χ0n) is 14.3. The van der Waals surface area contributed by atoms with Crippen molar-refractivity contribution in [2.45, 2.75) is 66.6 Å². The van der Waals surface area contributed by atoms with Gasteiger partial charge in [-0.15, -0.1) is 0 Å². The predicted octanol–water partition coefficient (Wildman–Crippen LogP) is 4.49. The standard InChI is InChI=1S/C18H30O3/c1-7-8-16(21-17(19)18(4,5)6)14-9-10-20-15(12-14)11-13(2)3/h7-10,13-16H,11-12H2,1-6H3/b8-7+/t14-,15+,16-/m0/s1. The fourth-order valence-electron chi connectivity index (χ4n) is 2.38. The molecule has 0 spiro atoms. The van der Waals surface area contributed by atoms with Gasteiger partial charge in [0.2, 0.25) is 0 Å². The first kappa shape index (κ1) is 17.8. The zero-order chi connectivity index (χ0) is 16.0. The predicted molar refractivity (Wildman–Crippen MR) is 85.7 cm³/mol. The molecule has 3 heteroatoms. The van der Waals surface area contributed by atoms with Crippen molar-refractivity contribution in [3.8, 4) is 0 Å². The van der Waals surface area contributed by atoms with Gasteiger partial charge in [0.05, 0.1) is 17.8 Å². The minimum Gasteiger partial charge on any atom is -0.498 e. The zero-order valence-corrected chi connectivity index (χ0v) is 14.3. The van der Waals surface area contributed by atoms with Crippen molar-refractivity contribution in [2.75, 3.05) is 0 Å². The van der Waals surface area contributed by atoms with Gasteiger partial charge in [-0.1, -0.05) is 19.9 Å². The molecule has 0 unspecified atom stereocenters. The van der Waals surface area contributed by atoms with E-state index >= 15 is 0 Å². The minimum absolute atomic E-state index is 0.161. The van der Waals surface area contributed by atoms with E-state index in [9.17, 15) is 4.79 Å². The minimum atomic E-state index is -0.480. The van der Waals surface area contributed by atoms with E-state index in [-0.39, 0.29) is 24.1 Å². The first-order valence-electron chi connectivity index (χ1n) is 7.90. The smallest absolute Gasteiger partial charge is 0.311 e. The van der Waals surface area contributed by atoms with Crippen molar-refractivity contribution in [1.29, 1.82) is 0 Å². The van der Waals surface area contributed by atoms with Crippen LogP contribution in [-0.4, -0.2) is 18.2 Å². The molecule has 3 nitrogen and oxygen atoms in total. The van der Waals surface area contributed by atoms with Gasteiger partial charge in [0.15, 0.2) is 0 Å². The molecule has 0 radical (unpaired) electrons. The number of allylic oxidation sites excluding steroid dienone is 1. The van der Waals surface area contributed by atoms with Gasteiger partial charge in [0.25, 0.3) is 0 Å². The number of esters is 1. The van der Waals surface area contributed by atoms with Crippen LogP contribution in [0.15, 0.2) is 24.5 Å². The Labute approximate surface area is 129 Å². The van der Waals surface area contributed by atoms with Crippen LogP contribution < -0.4 is 0 Å². The van der Waals surface area contributed by atoms with Crippen LogP contribution in [0.4, 0.5) is 0 Å². The number of carbonyl (C=O) groups excluding carboxylic acids is 1. The normalized spacial score (nSPS) is 24.1. The Balaban J connectivity index is 2.74. The quantitative estimate of drug-likeness (QED) is 0.554. The maximum absolute atomic E-state index is 12.1. The molecule has 3 atom stereocenters. The second kappa shape index (κ2) is 7.67. The molecule has 1 aliphatic rings. The summed E-state index contributed by atoms with van der Waals surface area (Å²) in [4.78, 5) is 12.1. The Hall–Kier alpha value is -1.25. The maximum Gasteiger partial charge on any atom is 0.311 e. The van der Waals surface area contributed by atoms with Gasteiger partial charge in [0, 0.05) is 5.92 Å². The number of carbonyl (C=O) groups is 1. The van der Waals surface area contributed by atoms with Crippen molar-refractivity contribution < 1.29 is 14.3 Å². The molecule has 0 aromatic rings. The molecular weight excluding hydrogens is 264 g/mol. The molecule has 1 heterocycles. The highest BCUT2D eigenvalue weighted by atomic mass is 16.5. The second-order valence-corrected chi connectivity index (χ2v) is 7.26. The summed E-state index contributed by atoms with van der Waals surface area (Å²) < 4.78 is 11.4. The van der Waals surface area contributed by atoms with Crippen molar-refractivity contribution in [1.82, 2.24) is 0 Å². The van der Waals surface area contributed by atoms with E-state index in [0.29, 0.717) is 5.92 Å². The second-order valence-electron chi connectivity index (χ2n) is 7.26. The molecule has 0 fully saturated rings. The third-order valence-electron chi connectivity index (χ3n) is 3.53. The average Bonchev–Trinajstić information content (AvgIpc) is 2.36. The van der Waals surface area contributed by atoms with Crippen LogP contribution >= 0.6 is 0 Å². The molecule has 0 aromatic carbocycles. The molecule has 0 aromatic heterocycles. The molecule has 0 saturated carbocycles. The lowest BCUT2D eigenvalue weighted by Gasteiger charge is -2.31. The van der Waals surface area contributed by atoms with E-state index in [0.717, 1.165) is 12.8 Å². The topological polar surface area (TPSA) is 35.5 Å². The van der Waals surface area contributed by atoms with E-state index in [4.69, 9.17) is 9.47 Å². The molecule has 0 N–H and O–H groups in total. The third kappa shape index (κ3) is 5.94. The molecule has 1 rings (SSSR count). The van der Waals surface area contributed by atoms with Crippen LogP contribution in [-0.2, 0) is 14.3 Å². The third-order valence-corrected chi connectivity index (χ3v) is 3.53. The van der Waals surface area contributed by atoms with E-state index < -0.39 is 5.41 Å². The van der Waals surface area contributed by atoms with E-state index in [2.05, 4.69) is 13.8 Å². The van der Waals surface area contributed by atoms with Gasteiger partial charge in [-0.3, -0.25) is 4.79 Å². The fraction of sp³-hybridized carbons (Fsp3) is 0.722. The molecule has 0 amide bonds. The van der Waals surface area contributed by atoms with Crippen LogP contribution in [0.25, 0.3) is 0 Å². The lowest BCUT2D eigenvalue weighted by atomic mass is 9.89. The molecule has 120 valence electrons.